The molecule has 0 spiro atoms. The van der Waals surface area contributed by atoms with Gasteiger partial charge in [-0.1, -0.05) is 18.2 Å². The predicted molar refractivity (Wildman–Crippen MR) is 92.6 cm³/mol. The molecule has 4 nitrogen and oxygen atoms in total. The summed E-state index contributed by atoms with van der Waals surface area (Å²) >= 11 is 1.66. The fourth-order valence-electron chi connectivity index (χ4n) is 3.03. The first-order valence-electron chi connectivity index (χ1n) is 8.04. The Bertz CT molecular complexity index is 805. The van der Waals surface area contributed by atoms with Gasteiger partial charge in [-0.05, 0) is 24.5 Å². The lowest BCUT2D eigenvalue weighted by atomic mass is 10.1. The molecule has 1 aliphatic carbocycles. The molecule has 2 aromatic heterocycles. The Hall–Kier alpha value is -2.14. The summed E-state index contributed by atoms with van der Waals surface area (Å²) in [5.41, 5.74) is 2.18. The van der Waals surface area contributed by atoms with Gasteiger partial charge in [0.25, 0.3) is 0 Å². The maximum atomic E-state index is 12.8. The van der Waals surface area contributed by atoms with Gasteiger partial charge in [0.1, 0.15) is 0 Å². The average Bonchev–Trinajstić information content (AvgIpc) is 3.10. The molecule has 1 N–H and O–H groups in total. The molecule has 5 heteroatoms. The number of rotatable bonds is 6. The van der Waals surface area contributed by atoms with Gasteiger partial charge in [-0.15, -0.1) is 11.3 Å². The van der Waals surface area contributed by atoms with Crippen LogP contribution in [-0.4, -0.2) is 33.4 Å². The summed E-state index contributed by atoms with van der Waals surface area (Å²) in [6, 6.07) is 8.59. The molecule has 3 aromatic rings. The van der Waals surface area contributed by atoms with Crippen molar-refractivity contribution in [3.05, 3.63) is 52.6 Å². The van der Waals surface area contributed by atoms with Crippen molar-refractivity contribution < 1.29 is 4.79 Å². The van der Waals surface area contributed by atoms with Crippen LogP contribution in [0.1, 0.15) is 23.4 Å². The number of thiazole rings is 1. The zero-order valence-electron chi connectivity index (χ0n) is 12.9. The third-order valence-corrected chi connectivity index (χ3v) is 5.21. The predicted octanol–water partition coefficient (Wildman–Crippen LogP) is 3.40. The number of aromatic nitrogens is 2. The first-order valence-corrected chi connectivity index (χ1v) is 8.92. The van der Waals surface area contributed by atoms with E-state index in [2.05, 4.69) is 20.9 Å². The lowest BCUT2D eigenvalue weighted by molar-refractivity contribution is -0.131. The molecule has 1 aromatic carbocycles. The molecule has 0 radical (unpaired) electrons. The number of aromatic amines is 1. The van der Waals surface area contributed by atoms with Gasteiger partial charge in [-0.2, -0.15) is 0 Å². The van der Waals surface area contributed by atoms with E-state index in [1.807, 2.05) is 36.0 Å². The van der Waals surface area contributed by atoms with Gasteiger partial charge >= 0.3 is 0 Å². The molecule has 0 unspecified atom stereocenters. The molecule has 1 amide bonds. The maximum absolute atomic E-state index is 12.8. The number of H-pyrrole nitrogens is 1. The van der Waals surface area contributed by atoms with Crippen LogP contribution in [0, 0.1) is 0 Å². The summed E-state index contributed by atoms with van der Waals surface area (Å²) in [5, 5.41) is 4.25. The Morgan fingerprint density at radius 1 is 1.35 bits per heavy atom. The van der Waals surface area contributed by atoms with E-state index in [9.17, 15) is 4.79 Å². The van der Waals surface area contributed by atoms with Crippen molar-refractivity contribution in [2.45, 2.75) is 31.7 Å². The number of carbonyl (C=O) groups excluding carboxylic acids is 1. The quantitative estimate of drug-likeness (QED) is 0.755. The van der Waals surface area contributed by atoms with Crippen LogP contribution in [0.25, 0.3) is 10.9 Å². The second-order valence-corrected chi connectivity index (χ2v) is 7.01. The van der Waals surface area contributed by atoms with Crippen molar-refractivity contribution >= 4 is 28.1 Å². The van der Waals surface area contributed by atoms with Gasteiger partial charge in [0.15, 0.2) is 0 Å². The van der Waals surface area contributed by atoms with Gasteiger partial charge in [-0.3, -0.25) is 4.79 Å². The van der Waals surface area contributed by atoms with E-state index in [-0.39, 0.29) is 5.91 Å². The van der Waals surface area contributed by atoms with Crippen molar-refractivity contribution in [3.8, 4) is 0 Å². The molecule has 0 saturated heterocycles. The van der Waals surface area contributed by atoms with Gasteiger partial charge in [-0.25, -0.2) is 4.98 Å². The molecule has 118 valence electrons. The molecule has 0 bridgehead atoms. The maximum Gasteiger partial charge on any atom is 0.227 e. The van der Waals surface area contributed by atoms with Gasteiger partial charge in [0.2, 0.25) is 5.91 Å². The molecular formula is C18H19N3OS. The van der Waals surface area contributed by atoms with Crippen molar-refractivity contribution in [1.82, 2.24) is 14.9 Å². The Morgan fingerprint density at radius 2 is 2.22 bits per heavy atom. The standard InChI is InChI=1S/C18H19N3OS/c22-18(11-13-12-20-16-4-2-1-3-15(13)16)21(14-5-6-14)9-7-17-19-8-10-23-17/h1-4,8,10,12,14,20H,5-7,9,11H2. The lowest BCUT2D eigenvalue weighted by Crippen LogP contribution is -2.36. The number of carbonyl (C=O) groups is 1. The highest BCUT2D eigenvalue weighted by atomic mass is 32.1. The van der Waals surface area contributed by atoms with Crippen molar-refractivity contribution in [2.75, 3.05) is 6.54 Å². The normalized spacial score (nSPS) is 14.3. The van der Waals surface area contributed by atoms with Crippen molar-refractivity contribution in [1.29, 1.82) is 0 Å². The smallest absolute Gasteiger partial charge is 0.227 e. The largest absolute Gasteiger partial charge is 0.361 e. The minimum atomic E-state index is 0.230. The van der Waals surface area contributed by atoms with E-state index in [1.54, 1.807) is 11.3 Å². The Labute approximate surface area is 139 Å². The Morgan fingerprint density at radius 3 is 3.00 bits per heavy atom. The first kappa shape index (κ1) is 14.5. The number of hydrogen-bond acceptors (Lipinski definition) is 3. The molecule has 1 saturated carbocycles. The SMILES string of the molecule is O=C(Cc1c[nH]c2ccccc12)N(CCc1nccs1)C1CC1. The zero-order chi connectivity index (χ0) is 15.6. The second kappa shape index (κ2) is 6.16. The lowest BCUT2D eigenvalue weighted by Gasteiger charge is -2.22. The van der Waals surface area contributed by atoms with Gasteiger partial charge < -0.3 is 9.88 Å². The first-order chi connectivity index (χ1) is 11.3. The van der Waals surface area contributed by atoms with E-state index in [1.165, 1.54) is 0 Å². The zero-order valence-corrected chi connectivity index (χ0v) is 13.7. The van der Waals surface area contributed by atoms with E-state index in [0.29, 0.717) is 12.5 Å². The molecule has 0 aliphatic heterocycles. The fraction of sp³-hybridized carbons (Fsp3) is 0.333. The summed E-state index contributed by atoms with van der Waals surface area (Å²) in [7, 11) is 0. The fourth-order valence-corrected chi connectivity index (χ4v) is 3.64. The summed E-state index contributed by atoms with van der Waals surface area (Å²) < 4.78 is 0. The molecule has 0 atom stereocenters. The highest BCUT2D eigenvalue weighted by Gasteiger charge is 2.32. The molecule has 1 fully saturated rings. The topological polar surface area (TPSA) is 49.0 Å². The monoisotopic (exact) mass is 325 g/mol. The number of fused-ring (bicyclic) bond motifs is 1. The van der Waals surface area contributed by atoms with Crippen LogP contribution in [0.15, 0.2) is 42.0 Å². The summed E-state index contributed by atoms with van der Waals surface area (Å²) in [5.74, 6) is 0.230. The third-order valence-electron chi connectivity index (χ3n) is 4.37. The summed E-state index contributed by atoms with van der Waals surface area (Å²) in [6.07, 6.45) is 7.39. The number of benzene rings is 1. The van der Waals surface area contributed by atoms with Crippen LogP contribution in [-0.2, 0) is 17.6 Å². The second-order valence-electron chi connectivity index (χ2n) is 6.03. The highest BCUT2D eigenvalue weighted by Crippen LogP contribution is 2.28. The minimum absolute atomic E-state index is 0.230. The summed E-state index contributed by atoms with van der Waals surface area (Å²) in [6.45, 7) is 0.777. The van der Waals surface area contributed by atoms with E-state index in [0.717, 1.165) is 47.3 Å². The van der Waals surface area contributed by atoms with E-state index >= 15 is 0 Å². The van der Waals surface area contributed by atoms with Crippen LogP contribution in [0.2, 0.25) is 0 Å². The van der Waals surface area contributed by atoms with Crippen LogP contribution < -0.4 is 0 Å². The Balaban J connectivity index is 1.47. The number of nitrogens with one attached hydrogen (secondary N) is 1. The number of nitrogens with zero attached hydrogens (tertiary/aromatic N) is 2. The van der Waals surface area contributed by atoms with E-state index in [4.69, 9.17) is 0 Å². The van der Waals surface area contributed by atoms with Crippen molar-refractivity contribution in [2.24, 2.45) is 0 Å². The van der Waals surface area contributed by atoms with Crippen molar-refractivity contribution in [3.63, 3.8) is 0 Å². The summed E-state index contributed by atoms with van der Waals surface area (Å²) in [4.78, 5) is 22.4. The highest BCUT2D eigenvalue weighted by molar-refractivity contribution is 7.09. The molecule has 2 heterocycles. The molecule has 23 heavy (non-hydrogen) atoms. The number of para-hydroxylation sites is 1. The van der Waals surface area contributed by atoms with E-state index < -0.39 is 0 Å². The molecular weight excluding hydrogens is 306 g/mol. The molecule has 1 aliphatic rings. The Kier molecular flexibility index (Phi) is 3.87. The van der Waals surface area contributed by atoms with Gasteiger partial charge in [0, 0.05) is 47.7 Å². The third kappa shape index (κ3) is 3.15. The molecule has 4 rings (SSSR count). The van der Waals surface area contributed by atoms with Crippen LogP contribution in [0.3, 0.4) is 0 Å². The van der Waals surface area contributed by atoms with Gasteiger partial charge in [0.05, 0.1) is 11.4 Å². The van der Waals surface area contributed by atoms with Crippen LogP contribution in [0.4, 0.5) is 0 Å². The minimum Gasteiger partial charge on any atom is -0.361 e. The van der Waals surface area contributed by atoms with Crippen LogP contribution >= 0.6 is 11.3 Å². The van der Waals surface area contributed by atoms with Crippen LogP contribution in [0.5, 0.6) is 0 Å². The average molecular weight is 325 g/mol. The number of amides is 1. The number of hydrogen-bond donors (Lipinski definition) is 1.